The molecule has 0 aromatic carbocycles. The van der Waals surface area contributed by atoms with Crippen LogP contribution in [0.15, 0.2) is 12.3 Å². The molecule has 0 bridgehead atoms. The number of nitrogens with one attached hydrogen (secondary N) is 1. The second-order valence-electron chi connectivity index (χ2n) is 4.46. The van der Waals surface area contributed by atoms with E-state index in [9.17, 15) is 4.79 Å². The third-order valence-corrected chi connectivity index (χ3v) is 3.26. The fourth-order valence-corrected chi connectivity index (χ4v) is 2.18. The summed E-state index contributed by atoms with van der Waals surface area (Å²) in [5.41, 5.74) is 2.69. The third kappa shape index (κ3) is 2.71. The molecule has 6 heteroatoms. The van der Waals surface area contributed by atoms with Gasteiger partial charge in [0, 0.05) is 26.2 Å². The van der Waals surface area contributed by atoms with Gasteiger partial charge < -0.3 is 9.88 Å². The molecule has 2 aromatic rings. The number of halogens is 1. The van der Waals surface area contributed by atoms with Crippen molar-refractivity contribution in [2.45, 2.75) is 32.2 Å². The van der Waals surface area contributed by atoms with Crippen LogP contribution in [0.1, 0.15) is 30.1 Å². The Hall–Kier alpha value is -1.62. The molecule has 0 aliphatic rings. The van der Waals surface area contributed by atoms with Crippen LogP contribution >= 0.6 is 11.6 Å². The molecule has 5 nitrogen and oxygen atoms in total. The molecule has 0 aliphatic carbocycles. The summed E-state index contributed by atoms with van der Waals surface area (Å²) in [6.45, 7) is 4.39. The molecule has 1 N–H and O–H groups in total. The SMILES string of the molecule is CNC(=O)CCn1c(C(C)Cl)nc2c(C)ccnc21. The molecule has 102 valence electrons. The molecule has 2 rings (SSSR count). The van der Waals surface area contributed by atoms with Crippen molar-refractivity contribution in [3.05, 3.63) is 23.7 Å². The number of aryl methyl sites for hydroxylation is 2. The molecule has 0 saturated carbocycles. The Morgan fingerprint density at radius 2 is 2.32 bits per heavy atom. The number of carbonyl (C=O) groups excluding carboxylic acids is 1. The molecule has 2 heterocycles. The average Bonchev–Trinajstić information content (AvgIpc) is 2.76. The van der Waals surface area contributed by atoms with Crippen LogP contribution in [-0.2, 0) is 11.3 Å². The summed E-state index contributed by atoms with van der Waals surface area (Å²) in [5, 5.41) is 2.39. The lowest BCUT2D eigenvalue weighted by Gasteiger charge is -2.09. The first-order valence-electron chi connectivity index (χ1n) is 6.21. The van der Waals surface area contributed by atoms with E-state index in [4.69, 9.17) is 11.6 Å². The van der Waals surface area contributed by atoms with Gasteiger partial charge in [0.15, 0.2) is 5.65 Å². The topological polar surface area (TPSA) is 59.8 Å². The van der Waals surface area contributed by atoms with Crippen molar-refractivity contribution < 1.29 is 4.79 Å². The Morgan fingerprint density at radius 3 is 2.95 bits per heavy atom. The Balaban J connectivity index is 2.46. The van der Waals surface area contributed by atoms with Crippen molar-refractivity contribution in [2.24, 2.45) is 0 Å². The number of hydrogen-bond donors (Lipinski definition) is 1. The molecule has 1 unspecified atom stereocenters. The second kappa shape index (κ2) is 5.57. The zero-order valence-corrected chi connectivity index (χ0v) is 12.0. The number of hydrogen-bond acceptors (Lipinski definition) is 3. The van der Waals surface area contributed by atoms with Gasteiger partial charge in [0.05, 0.1) is 5.38 Å². The maximum Gasteiger partial charge on any atom is 0.221 e. The summed E-state index contributed by atoms with van der Waals surface area (Å²) in [5.74, 6) is 0.741. The lowest BCUT2D eigenvalue weighted by atomic mass is 10.3. The first kappa shape index (κ1) is 13.8. The smallest absolute Gasteiger partial charge is 0.221 e. The van der Waals surface area contributed by atoms with Crippen LogP contribution in [-0.4, -0.2) is 27.5 Å². The van der Waals surface area contributed by atoms with Crippen molar-refractivity contribution in [1.29, 1.82) is 0 Å². The van der Waals surface area contributed by atoms with Gasteiger partial charge in [0.2, 0.25) is 5.91 Å². The van der Waals surface area contributed by atoms with Crippen LogP contribution in [0.5, 0.6) is 0 Å². The van der Waals surface area contributed by atoms with Gasteiger partial charge in [-0.25, -0.2) is 9.97 Å². The van der Waals surface area contributed by atoms with Crippen molar-refractivity contribution >= 4 is 28.7 Å². The minimum Gasteiger partial charge on any atom is -0.359 e. The highest BCUT2D eigenvalue weighted by molar-refractivity contribution is 6.20. The lowest BCUT2D eigenvalue weighted by molar-refractivity contribution is -0.120. The highest BCUT2D eigenvalue weighted by atomic mass is 35.5. The number of amides is 1. The van der Waals surface area contributed by atoms with Crippen LogP contribution in [0.25, 0.3) is 11.2 Å². The number of fused-ring (bicyclic) bond motifs is 1. The molecule has 0 spiro atoms. The summed E-state index contributed by atoms with van der Waals surface area (Å²) in [6, 6.07) is 1.92. The molecular weight excluding hydrogens is 264 g/mol. The minimum atomic E-state index is -0.224. The van der Waals surface area contributed by atoms with E-state index in [1.807, 2.05) is 24.5 Å². The van der Waals surface area contributed by atoms with Crippen molar-refractivity contribution in [3.8, 4) is 0 Å². The van der Waals surface area contributed by atoms with Gasteiger partial charge in [-0.15, -0.1) is 11.6 Å². The predicted octanol–water partition coefficient (Wildman–Crippen LogP) is 2.18. The highest BCUT2D eigenvalue weighted by Gasteiger charge is 2.17. The lowest BCUT2D eigenvalue weighted by Crippen LogP contribution is -2.20. The first-order valence-corrected chi connectivity index (χ1v) is 6.64. The molecule has 0 saturated heterocycles. The highest BCUT2D eigenvalue weighted by Crippen LogP contribution is 2.25. The molecule has 19 heavy (non-hydrogen) atoms. The average molecular weight is 281 g/mol. The van der Waals surface area contributed by atoms with Gasteiger partial charge in [-0.1, -0.05) is 0 Å². The predicted molar refractivity (Wildman–Crippen MR) is 75.2 cm³/mol. The molecule has 0 aliphatic heterocycles. The van der Waals surface area contributed by atoms with E-state index >= 15 is 0 Å². The molecule has 1 atom stereocenters. The standard InChI is InChI=1S/C13H17ClN4O/c1-8-4-6-16-13-11(8)17-12(9(2)14)18(13)7-5-10(19)15-3/h4,6,9H,5,7H2,1-3H3,(H,15,19). The van der Waals surface area contributed by atoms with Gasteiger partial charge >= 0.3 is 0 Å². The Morgan fingerprint density at radius 1 is 1.58 bits per heavy atom. The van der Waals surface area contributed by atoms with E-state index in [1.165, 1.54) is 0 Å². The van der Waals surface area contributed by atoms with Crippen LogP contribution in [0.2, 0.25) is 0 Å². The zero-order chi connectivity index (χ0) is 14.0. The van der Waals surface area contributed by atoms with Crippen LogP contribution in [0.4, 0.5) is 0 Å². The van der Waals surface area contributed by atoms with E-state index in [0.717, 1.165) is 22.6 Å². The van der Waals surface area contributed by atoms with E-state index in [2.05, 4.69) is 15.3 Å². The molecule has 0 fully saturated rings. The van der Waals surface area contributed by atoms with E-state index in [-0.39, 0.29) is 11.3 Å². The molecular formula is C13H17ClN4O. The number of alkyl halides is 1. The van der Waals surface area contributed by atoms with Crippen molar-refractivity contribution in [3.63, 3.8) is 0 Å². The van der Waals surface area contributed by atoms with E-state index in [0.29, 0.717) is 13.0 Å². The summed E-state index contributed by atoms with van der Waals surface area (Å²) in [4.78, 5) is 20.3. The van der Waals surface area contributed by atoms with E-state index in [1.54, 1.807) is 13.2 Å². The van der Waals surface area contributed by atoms with Gasteiger partial charge in [-0.2, -0.15) is 0 Å². The van der Waals surface area contributed by atoms with Crippen LogP contribution in [0, 0.1) is 6.92 Å². The number of rotatable bonds is 4. The van der Waals surface area contributed by atoms with Crippen molar-refractivity contribution in [1.82, 2.24) is 19.9 Å². The third-order valence-electron chi connectivity index (χ3n) is 3.06. The minimum absolute atomic E-state index is 0.0114. The summed E-state index contributed by atoms with van der Waals surface area (Å²) < 4.78 is 1.93. The summed E-state index contributed by atoms with van der Waals surface area (Å²) >= 11 is 6.17. The Bertz CT molecular complexity index is 606. The van der Waals surface area contributed by atoms with Gasteiger partial charge in [0.25, 0.3) is 0 Å². The van der Waals surface area contributed by atoms with Gasteiger partial charge in [0.1, 0.15) is 11.3 Å². The van der Waals surface area contributed by atoms with Crippen molar-refractivity contribution in [2.75, 3.05) is 7.05 Å². The van der Waals surface area contributed by atoms with Crippen LogP contribution < -0.4 is 5.32 Å². The molecule has 1 amide bonds. The fourth-order valence-electron chi connectivity index (χ4n) is 2.02. The first-order chi connectivity index (χ1) is 9.04. The number of imidazole rings is 1. The summed E-state index contributed by atoms with van der Waals surface area (Å²) in [7, 11) is 1.63. The number of nitrogens with zero attached hydrogens (tertiary/aromatic N) is 3. The number of pyridine rings is 1. The molecule has 2 aromatic heterocycles. The zero-order valence-electron chi connectivity index (χ0n) is 11.3. The maximum absolute atomic E-state index is 11.4. The maximum atomic E-state index is 11.4. The Kier molecular flexibility index (Phi) is 4.04. The van der Waals surface area contributed by atoms with Gasteiger partial charge in [-0.05, 0) is 25.5 Å². The van der Waals surface area contributed by atoms with Crippen LogP contribution in [0.3, 0.4) is 0 Å². The summed E-state index contributed by atoms with van der Waals surface area (Å²) in [6.07, 6.45) is 2.13. The van der Waals surface area contributed by atoms with Gasteiger partial charge in [-0.3, -0.25) is 4.79 Å². The number of carbonyl (C=O) groups is 1. The second-order valence-corrected chi connectivity index (χ2v) is 5.12. The molecule has 0 radical (unpaired) electrons. The normalized spacial score (nSPS) is 12.6. The fraction of sp³-hybridized carbons (Fsp3) is 0.462. The largest absolute Gasteiger partial charge is 0.359 e. The monoisotopic (exact) mass is 280 g/mol. The quantitative estimate of drug-likeness (QED) is 0.873. The number of aromatic nitrogens is 3. The Labute approximate surface area is 117 Å². The van der Waals surface area contributed by atoms with E-state index < -0.39 is 0 Å².